The first-order valence-electron chi connectivity index (χ1n) is 3.39. The van der Waals surface area contributed by atoms with Gasteiger partial charge in [0.05, 0.1) is 0 Å². The molecule has 0 aromatic heterocycles. The second-order valence-electron chi connectivity index (χ2n) is 2.47. The molecule has 0 unspecified atom stereocenters. The third-order valence-electron chi connectivity index (χ3n) is 1.81. The van der Waals surface area contributed by atoms with E-state index in [4.69, 9.17) is 0 Å². The van der Waals surface area contributed by atoms with Crippen LogP contribution in [0.25, 0.3) is 0 Å². The Bertz CT molecular complexity index is 77.3. The van der Waals surface area contributed by atoms with Gasteiger partial charge < -0.3 is 0 Å². The van der Waals surface area contributed by atoms with Crippen molar-refractivity contribution in [3.8, 4) is 0 Å². The number of allylic oxidation sites excluding steroid dienone is 1. The van der Waals surface area contributed by atoms with Gasteiger partial charge in [0.1, 0.15) is 0 Å². The van der Waals surface area contributed by atoms with Gasteiger partial charge in [-0.1, -0.05) is 31.6 Å². The molecule has 0 heterocycles. The zero-order valence-electron chi connectivity index (χ0n) is 5.99. The first-order valence-corrected chi connectivity index (χ1v) is 3.39. The van der Waals surface area contributed by atoms with E-state index in [-0.39, 0.29) is 28.9 Å². The molecule has 0 atom stereocenters. The molecule has 1 aliphatic carbocycles. The van der Waals surface area contributed by atoms with Gasteiger partial charge in [0.25, 0.3) is 0 Å². The van der Waals surface area contributed by atoms with Gasteiger partial charge in [-0.2, -0.15) is 0 Å². The summed E-state index contributed by atoms with van der Waals surface area (Å²) in [6, 6.07) is 0. The Morgan fingerprint density at radius 1 is 1.30 bits per heavy atom. The van der Waals surface area contributed by atoms with Crippen LogP contribution in [0, 0.1) is 12.3 Å². The van der Waals surface area contributed by atoms with E-state index in [2.05, 4.69) is 13.0 Å². The Morgan fingerprint density at radius 3 is 2.20 bits per heavy atom. The third-order valence-corrected chi connectivity index (χ3v) is 1.81. The Hall–Kier alpha value is 0.394. The monoisotopic (exact) mass is 203 g/mol. The maximum absolute atomic E-state index is 3.67. The normalized spacial score (nSPS) is 16.8. The van der Waals surface area contributed by atoms with Crippen molar-refractivity contribution in [1.29, 1.82) is 0 Å². The second kappa shape index (κ2) is 7.50. The van der Waals surface area contributed by atoms with Crippen molar-refractivity contribution in [2.75, 3.05) is 0 Å². The fourth-order valence-electron chi connectivity index (χ4n) is 1.34. The smallest absolute Gasteiger partial charge is 0 e. The topological polar surface area (TPSA) is 0 Å². The molecular formula is C8H14ClNi-. The molecule has 0 saturated heterocycles. The van der Waals surface area contributed by atoms with E-state index in [9.17, 15) is 0 Å². The van der Waals surface area contributed by atoms with Crippen molar-refractivity contribution in [1.82, 2.24) is 0 Å². The van der Waals surface area contributed by atoms with E-state index in [1.54, 1.807) is 0 Å². The van der Waals surface area contributed by atoms with Gasteiger partial charge in [-0.25, -0.2) is 19.1 Å². The number of hydrogen-bond acceptors (Lipinski definition) is 0. The van der Waals surface area contributed by atoms with Crippen LogP contribution in [-0.4, -0.2) is 0 Å². The van der Waals surface area contributed by atoms with Crippen LogP contribution in [0.3, 0.4) is 0 Å². The fourth-order valence-corrected chi connectivity index (χ4v) is 1.34. The molecule has 1 fully saturated rings. The maximum atomic E-state index is 3.67. The largest absolute Gasteiger partial charge is 0.245 e. The predicted octanol–water partition coefficient (Wildman–Crippen LogP) is 2.99. The summed E-state index contributed by atoms with van der Waals surface area (Å²) in [5.74, 6) is 0.868. The van der Waals surface area contributed by atoms with Gasteiger partial charge in [-0.05, 0) is 0 Å². The average Bonchev–Trinajstić information content (AvgIpc) is 2.19. The molecule has 0 amide bonds. The molecule has 0 N–H and O–H groups in total. The van der Waals surface area contributed by atoms with E-state index in [0.717, 1.165) is 5.92 Å². The van der Waals surface area contributed by atoms with Crippen molar-refractivity contribution in [3.63, 3.8) is 0 Å². The van der Waals surface area contributed by atoms with Crippen LogP contribution in [0.4, 0.5) is 0 Å². The van der Waals surface area contributed by atoms with Gasteiger partial charge in [0, 0.05) is 16.5 Å². The van der Waals surface area contributed by atoms with Gasteiger partial charge in [0.2, 0.25) is 0 Å². The van der Waals surface area contributed by atoms with E-state index >= 15 is 0 Å². The summed E-state index contributed by atoms with van der Waals surface area (Å²) in [7, 11) is 0. The van der Waals surface area contributed by atoms with Gasteiger partial charge in [-0.15, -0.1) is 12.4 Å². The number of rotatable bonds is 2. The zero-order chi connectivity index (χ0) is 5.82. The molecule has 0 nitrogen and oxygen atoms in total. The van der Waals surface area contributed by atoms with Gasteiger partial charge in [-0.3, -0.25) is 0 Å². The molecule has 1 aliphatic rings. The molecule has 1 rings (SSSR count). The summed E-state index contributed by atoms with van der Waals surface area (Å²) < 4.78 is 0. The van der Waals surface area contributed by atoms with E-state index < -0.39 is 0 Å². The molecule has 0 aromatic rings. The molecule has 0 aromatic carbocycles. The first-order chi connectivity index (χ1) is 3.93. The summed E-state index contributed by atoms with van der Waals surface area (Å²) >= 11 is 0. The Morgan fingerprint density at radius 2 is 1.80 bits per heavy atom. The van der Waals surface area contributed by atoms with Crippen molar-refractivity contribution in [2.45, 2.75) is 25.7 Å². The molecule has 0 aliphatic heterocycles. The Labute approximate surface area is 79.8 Å². The molecule has 10 heavy (non-hydrogen) atoms. The Kier molecular flexibility index (Phi) is 9.76. The standard InChI is InChI=1S/C8H13.ClH.Ni/c1-2-5-8-6-3-4-7-8;;/h2,5,8H,1,3-4,6-7H2;1H;/q-1;;. The molecule has 2 heteroatoms. The van der Waals surface area contributed by atoms with Crippen LogP contribution in [0.5, 0.6) is 0 Å². The second-order valence-corrected chi connectivity index (χ2v) is 2.47. The van der Waals surface area contributed by atoms with Crippen molar-refractivity contribution in [2.24, 2.45) is 5.92 Å². The summed E-state index contributed by atoms with van der Waals surface area (Å²) in [6.45, 7) is 3.67. The van der Waals surface area contributed by atoms with E-state index in [1.165, 1.54) is 25.7 Å². The predicted molar refractivity (Wildman–Crippen MR) is 43.7 cm³/mol. The SMILES string of the molecule is C=C[CH-]C1CCCC1.Cl.[Ni]. The number of hydrogen-bond donors (Lipinski definition) is 0. The van der Waals surface area contributed by atoms with Crippen LogP contribution < -0.4 is 0 Å². The minimum Gasteiger partial charge on any atom is -0.245 e. The Balaban J connectivity index is 0. The molecule has 0 bridgehead atoms. The van der Waals surface area contributed by atoms with Crippen molar-refractivity contribution >= 4 is 12.4 Å². The fraction of sp³-hybridized carbons (Fsp3) is 0.625. The third kappa shape index (κ3) is 4.25. The van der Waals surface area contributed by atoms with Crippen molar-refractivity contribution < 1.29 is 16.5 Å². The average molecular weight is 204 g/mol. The quantitative estimate of drug-likeness (QED) is 0.479. The van der Waals surface area contributed by atoms with E-state index in [1.807, 2.05) is 6.08 Å². The minimum absolute atomic E-state index is 0. The maximum Gasteiger partial charge on any atom is 0 e. The minimum atomic E-state index is 0. The molecule has 0 radical (unpaired) electrons. The van der Waals surface area contributed by atoms with Crippen LogP contribution in [0.1, 0.15) is 25.7 Å². The van der Waals surface area contributed by atoms with Gasteiger partial charge in [0.15, 0.2) is 0 Å². The summed E-state index contributed by atoms with van der Waals surface area (Å²) in [6.07, 6.45) is 9.80. The number of halogens is 1. The first kappa shape index (κ1) is 13.0. The van der Waals surface area contributed by atoms with Crippen LogP contribution >= 0.6 is 12.4 Å². The molecular weight excluding hydrogens is 190 g/mol. The van der Waals surface area contributed by atoms with Crippen LogP contribution in [0.2, 0.25) is 0 Å². The summed E-state index contributed by atoms with van der Waals surface area (Å²) in [5, 5.41) is 0. The van der Waals surface area contributed by atoms with Crippen molar-refractivity contribution in [3.05, 3.63) is 19.1 Å². The molecule has 1 saturated carbocycles. The zero-order valence-corrected chi connectivity index (χ0v) is 7.80. The van der Waals surface area contributed by atoms with Crippen LogP contribution in [-0.2, 0) is 16.5 Å². The van der Waals surface area contributed by atoms with Gasteiger partial charge >= 0.3 is 0 Å². The van der Waals surface area contributed by atoms with E-state index in [0.29, 0.717) is 0 Å². The molecule has 0 spiro atoms. The summed E-state index contributed by atoms with van der Waals surface area (Å²) in [5.41, 5.74) is 0. The molecule has 64 valence electrons. The summed E-state index contributed by atoms with van der Waals surface area (Å²) in [4.78, 5) is 0. The van der Waals surface area contributed by atoms with Crippen LogP contribution in [0.15, 0.2) is 12.7 Å².